The van der Waals surface area contributed by atoms with Crippen molar-refractivity contribution in [2.75, 3.05) is 24.6 Å². The third-order valence-corrected chi connectivity index (χ3v) is 8.61. The molecule has 2 amide bonds. The van der Waals surface area contributed by atoms with Crippen molar-refractivity contribution in [3.63, 3.8) is 0 Å². The molecule has 2 N–H and O–H groups in total. The zero-order valence-electron chi connectivity index (χ0n) is 23.7. The fourth-order valence-electron chi connectivity index (χ4n) is 4.74. The molecule has 0 aromatic heterocycles. The Hall–Kier alpha value is -4.67. The van der Waals surface area contributed by atoms with Gasteiger partial charge in [-0.15, -0.1) is 0 Å². The van der Waals surface area contributed by atoms with E-state index in [0.29, 0.717) is 30.2 Å². The summed E-state index contributed by atoms with van der Waals surface area (Å²) in [7, 11) is -3.78. The van der Waals surface area contributed by atoms with E-state index in [1.54, 1.807) is 31.2 Å². The molecule has 4 aromatic rings. The van der Waals surface area contributed by atoms with Crippen molar-refractivity contribution < 1.29 is 27.5 Å². The number of sulfonamides is 1. The average Bonchev–Trinajstić information content (AvgIpc) is 3.04. The summed E-state index contributed by atoms with van der Waals surface area (Å²) < 4.78 is 40.1. The van der Waals surface area contributed by atoms with Crippen LogP contribution in [0.5, 0.6) is 11.5 Å². The third-order valence-electron chi connectivity index (χ3n) is 7.05. The maximum Gasteiger partial charge on any atom is 0.265 e. The topological polar surface area (TPSA) is 114 Å². The minimum Gasteiger partial charge on any atom is -0.484 e. The quantitative estimate of drug-likeness (QED) is 0.266. The number of carbonyl (C=O) groups is 2. The normalized spacial score (nSPS) is 15.1. The van der Waals surface area contributed by atoms with Crippen LogP contribution in [0.25, 0.3) is 0 Å². The minimum absolute atomic E-state index is 0.0266. The predicted octanol–water partition coefficient (Wildman–Crippen LogP) is 4.26. The second-order valence-corrected chi connectivity index (χ2v) is 11.8. The van der Waals surface area contributed by atoms with Gasteiger partial charge >= 0.3 is 0 Å². The molecule has 2 unspecified atom stereocenters. The van der Waals surface area contributed by atoms with Crippen molar-refractivity contribution >= 4 is 27.5 Å². The summed E-state index contributed by atoms with van der Waals surface area (Å²) in [6.45, 7) is 1.93. The number of hydrogen-bond acceptors (Lipinski definition) is 6. The van der Waals surface area contributed by atoms with Crippen LogP contribution in [0.3, 0.4) is 0 Å². The lowest BCUT2D eigenvalue weighted by molar-refractivity contribution is -0.128. The van der Waals surface area contributed by atoms with Gasteiger partial charge in [-0.2, -0.15) is 0 Å². The first-order valence-electron chi connectivity index (χ1n) is 14.0. The molecule has 2 atom stereocenters. The lowest BCUT2D eigenvalue weighted by Crippen LogP contribution is -2.52. The number of hydrogen-bond donors (Lipinski definition) is 2. The zero-order valence-corrected chi connectivity index (χ0v) is 24.5. The Morgan fingerprint density at radius 1 is 0.907 bits per heavy atom. The van der Waals surface area contributed by atoms with Crippen LogP contribution in [-0.4, -0.2) is 46.0 Å². The smallest absolute Gasteiger partial charge is 0.265 e. The summed E-state index contributed by atoms with van der Waals surface area (Å²) >= 11 is 0. The van der Waals surface area contributed by atoms with Gasteiger partial charge in [-0.3, -0.25) is 9.59 Å². The van der Waals surface area contributed by atoms with Crippen LogP contribution in [0.15, 0.2) is 114 Å². The highest BCUT2D eigenvalue weighted by Crippen LogP contribution is 2.33. The lowest BCUT2D eigenvalue weighted by atomic mass is 10.1. The molecule has 5 rings (SSSR count). The number of ether oxygens (including phenoxy) is 2. The van der Waals surface area contributed by atoms with Gasteiger partial charge in [0.05, 0.1) is 17.1 Å². The monoisotopic (exact) mass is 599 g/mol. The Morgan fingerprint density at radius 3 is 2.28 bits per heavy atom. The molecule has 10 heteroatoms. The van der Waals surface area contributed by atoms with E-state index in [-0.39, 0.29) is 29.9 Å². The van der Waals surface area contributed by atoms with E-state index in [4.69, 9.17) is 9.47 Å². The highest BCUT2D eigenvalue weighted by Gasteiger charge is 2.33. The molecule has 4 aromatic carbocycles. The van der Waals surface area contributed by atoms with E-state index in [2.05, 4.69) is 10.0 Å². The molecule has 0 saturated heterocycles. The molecule has 43 heavy (non-hydrogen) atoms. The molecule has 9 nitrogen and oxygen atoms in total. The molecule has 1 aliphatic heterocycles. The van der Waals surface area contributed by atoms with E-state index in [0.717, 1.165) is 11.1 Å². The fraction of sp³-hybridized carbons (Fsp3) is 0.212. The molecular weight excluding hydrogens is 566 g/mol. The number of nitrogens with one attached hydrogen (secondary N) is 2. The molecule has 0 aliphatic carbocycles. The van der Waals surface area contributed by atoms with Crippen molar-refractivity contribution in [1.29, 1.82) is 0 Å². The Labute approximate surface area is 251 Å². The van der Waals surface area contributed by atoms with Crippen molar-refractivity contribution in [1.82, 2.24) is 10.0 Å². The van der Waals surface area contributed by atoms with Gasteiger partial charge in [0.25, 0.3) is 11.8 Å². The summed E-state index contributed by atoms with van der Waals surface area (Å²) in [5, 5.41) is 2.90. The summed E-state index contributed by atoms with van der Waals surface area (Å²) in [6, 6.07) is 31.6. The molecule has 0 bridgehead atoms. The number of carbonyl (C=O) groups excluding carboxylic acids is 2. The number of nitrogens with zero attached hydrogens (tertiary/aromatic N) is 1. The molecule has 1 aliphatic rings. The Balaban J connectivity index is 1.18. The summed E-state index contributed by atoms with van der Waals surface area (Å²) in [5.41, 5.74) is 2.50. The number of anilines is 1. The number of para-hydroxylation sites is 2. The first-order valence-corrected chi connectivity index (χ1v) is 15.5. The molecule has 1 heterocycles. The highest BCUT2D eigenvalue weighted by atomic mass is 32.2. The Bertz CT molecular complexity index is 1650. The molecular formula is C33H33N3O6S. The Morgan fingerprint density at radius 2 is 1.56 bits per heavy atom. The van der Waals surface area contributed by atoms with Crippen LogP contribution in [-0.2, 0) is 26.0 Å². The molecule has 0 spiro atoms. The van der Waals surface area contributed by atoms with Crippen LogP contribution < -0.4 is 24.4 Å². The average molecular weight is 600 g/mol. The van der Waals surface area contributed by atoms with E-state index in [9.17, 15) is 18.0 Å². The van der Waals surface area contributed by atoms with Gasteiger partial charge in [-0.1, -0.05) is 72.8 Å². The zero-order chi connectivity index (χ0) is 30.2. The summed E-state index contributed by atoms with van der Waals surface area (Å²) in [4.78, 5) is 27.8. The highest BCUT2D eigenvalue weighted by molar-refractivity contribution is 7.89. The molecule has 0 saturated carbocycles. The second kappa shape index (κ2) is 13.5. The number of rotatable bonds is 11. The maximum atomic E-state index is 13.3. The fourth-order valence-corrected chi connectivity index (χ4v) is 5.98. The number of fused-ring (bicyclic) bond motifs is 1. The second-order valence-electron chi connectivity index (χ2n) is 10.1. The van der Waals surface area contributed by atoms with Gasteiger partial charge in [-0.05, 0) is 60.9 Å². The Kier molecular flexibility index (Phi) is 9.38. The van der Waals surface area contributed by atoms with Gasteiger partial charge < -0.3 is 19.7 Å². The van der Waals surface area contributed by atoms with Crippen LogP contribution in [0.2, 0.25) is 0 Å². The van der Waals surface area contributed by atoms with E-state index in [1.165, 1.54) is 29.2 Å². The first-order chi connectivity index (χ1) is 20.8. The van der Waals surface area contributed by atoms with Gasteiger partial charge in [0, 0.05) is 12.6 Å². The lowest BCUT2D eigenvalue weighted by Gasteiger charge is -2.34. The van der Waals surface area contributed by atoms with Crippen LogP contribution in [0, 0.1) is 0 Å². The van der Waals surface area contributed by atoms with Crippen LogP contribution in [0.4, 0.5) is 5.69 Å². The first kappa shape index (κ1) is 29.8. The molecule has 0 fully saturated rings. The van der Waals surface area contributed by atoms with Crippen molar-refractivity contribution in [3.8, 4) is 11.5 Å². The SMILES string of the molecule is CC(NS(=O)(=O)c1ccc(OCC(=O)N2CC(C(=O)NCCc3ccccc3)Oc3ccccc32)cc1)c1ccccc1. The molecule has 222 valence electrons. The summed E-state index contributed by atoms with van der Waals surface area (Å²) in [5.74, 6) is 0.0845. The van der Waals surface area contributed by atoms with Gasteiger partial charge in [0.1, 0.15) is 11.5 Å². The van der Waals surface area contributed by atoms with Crippen LogP contribution in [0.1, 0.15) is 24.1 Å². The number of amides is 2. The standard InChI is InChI=1S/C33H33N3O6S/c1-24(26-12-6-3-7-13-26)35-43(39,40)28-18-16-27(17-19-28)41-23-32(37)36-22-31(42-30-15-9-8-14-29(30)36)33(38)34-21-20-25-10-4-2-5-11-25/h2-19,24,31,35H,20-23H2,1H3,(H,34,38). The van der Waals surface area contributed by atoms with Gasteiger partial charge in [0.2, 0.25) is 10.0 Å². The van der Waals surface area contributed by atoms with E-state index < -0.39 is 22.2 Å². The van der Waals surface area contributed by atoms with Crippen LogP contribution >= 0.6 is 0 Å². The minimum atomic E-state index is -3.78. The van der Waals surface area contributed by atoms with E-state index >= 15 is 0 Å². The maximum absolute atomic E-state index is 13.3. The van der Waals surface area contributed by atoms with Crippen molar-refractivity contribution in [2.45, 2.75) is 30.4 Å². The largest absolute Gasteiger partial charge is 0.484 e. The number of benzene rings is 4. The van der Waals surface area contributed by atoms with Gasteiger partial charge in [0.15, 0.2) is 12.7 Å². The summed E-state index contributed by atoms with van der Waals surface area (Å²) in [6.07, 6.45) is -0.209. The van der Waals surface area contributed by atoms with E-state index in [1.807, 2.05) is 60.7 Å². The van der Waals surface area contributed by atoms with Crippen molar-refractivity contribution in [3.05, 3.63) is 120 Å². The van der Waals surface area contributed by atoms with Gasteiger partial charge in [-0.25, -0.2) is 13.1 Å². The van der Waals surface area contributed by atoms with Crippen molar-refractivity contribution in [2.24, 2.45) is 0 Å². The third kappa shape index (κ3) is 7.59. The predicted molar refractivity (Wildman–Crippen MR) is 163 cm³/mol. The molecule has 0 radical (unpaired) electrons.